The highest BCUT2D eigenvalue weighted by Crippen LogP contribution is 2.40. The van der Waals surface area contributed by atoms with Crippen LogP contribution in [-0.2, 0) is 0 Å². The van der Waals surface area contributed by atoms with E-state index in [4.69, 9.17) is 9.98 Å². The Morgan fingerprint density at radius 3 is 1.85 bits per heavy atom. The maximum absolute atomic E-state index is 5.26. The van der Waals surface area contributed by atoms with Crippen LogP contribution in [0.5, 0.6) is 0 Å². The number of hydrogen-bond donors (Lipinski definition) is 0. The lowest BCUT2D eigenvalue weighted by molar-refractivity contribution is 1.16. The minimum atomic E-state index is 0.651. The van der Waals surface area contributed by atoms with Gasteiger partial charge in [0.2, 0.25) is 0 Å². The average Bonchev–Trinajstić information content (AvgIpc) is 3.49. The summed E-state index contributed by atoms with van der Waals surface area (Å²) >= 11 is 0. The first kappa shape index (κ1) is 26.2. The number of aromatic nitrogens is 2. The number of fused-ring (bicyclic) bond motifs is 6. The maximum atomic E-state index is 5.26. The topological polar surface area (TPSA) is 34.6 Å². The lowest BCUT2D eigenvalue weighted by Gasteiger charge is -2.10. The normalized spacial score (nSPS) is 13.3. The molecule has 6 aromatic carbocycles. The number of nitrogens with zero attached hydrogens (tertiary/aromatic N) is 4. The van der Waals surface area contributed by atoms with Gasteiger partial charge in [0.05, 0.1) is 27.8 Å². The third-order valence-corrected chi connectivity index (χ3v) is 8.82. The van der Waals surface area contributed by atoms with E-state index < -0.39 is 0 Å². The van der Waals surface area contributed by atoms with Gasteiger partial charge in [-0.15, -0.1) is 0 Å². The van der Waals surface area contributed by atoms with Crippen LogP contribution < -0.4 is 0 Å². The molecule has 0 spiro atoms. The Labute approximate surface area is 266 Å². The van der Waals surface area contributed by atoms with Crippen LogP contribution in [0.25, 0.3) is 55.1 Å². The summed E-state index contributed by atoms with van der Waals surface area (Å²) in [5, 5.41) is 4.81. The zero-order valence-electron chi connectivity index (χ0n) is 25.2. The fraction of sp³-hybridized carbons (Fsp3) is 0.0238. The molecule has 0 N–H and O–H groups in total. The van der Waals surface area contributed by atoms with E-state index in [0.29, 0.717) is 11.7 Å². The van der Waals surface area contributed by atoms with E-state index in [0.717, 1.165) is 39.1 Å². The summed E-state index contributed by atoms with van der Waals surface area (Å²) in [5.74, 6) is 1.35. The van der Waals surface area contributed by atoms with Gasteiger partial charge >= 0.3 is 0 Å². The molecule has 1 aliphatic heterocycles. The summed E-state index contributed by atoms with van der Waals surface area (Å²) in [6.07, 6.45) is 1.97. The van der Waals surface area contributed by atoms with Crippen molar-refractivity contribution in [1.29, 1.82) is 0 Å². The van der Waals surface area contributed by atoms with Gasteiger partial charge in [0.15, 0.2) is 11.7 Å². The highest BCUT2D eigenvalue weighted by molar-refractivity contribution is 6.21. The number of allylic oxidation sites excluding steroid dienone is 1. The number of hydrogen-bond acceptors (Lipinski definition) is 2. The molecule has 0 fully saturated rings. The van der Waals surface area contributed by atoms with Gasteiger partial charge < -0.3 is 4.57 Å². The summed E-state index contributed by atoms with van der Waals surface area (Å²) < 4.78 is 4.62. The van der Waals surface area contributed by atoms with Crippen LogP contribution in [0.15, 0.2) is 167 Å². The zero-order valence-corrected chi connectivity index (χ0v) is 25.2. The Bertz CT molecular complexity index is 2590. The van der Waals surface area contributed by atoms with Crippen molar-refractivity contribution in [1.82, 2.24) is 9.13 Å². The molecule has 0 amide bonds. The summed E-state index contributed by atoms with van der Waals surface area (Å²) in [7, 11) is 0. The molecular weight excluding hydrogens is 560 g/mol. The number of aryl methyl sites for hydroxylation is 1. The highest BCUT2D eigenvalue weighted by Gasteiger charge is 2.20. The first-order valence-corrected chi connectivity index (χ1v) is 15.5. The molecule has 0 saturated carbocycles. The number of amidine groups is 1. The molecule has 216 valence electrons. The van der Waals surface area contributed by atoms with Gasteiger partial charge in [-0.05, 0) is 48.9 Å². The molecule has 0 saturated heterocycles. The second-order valence-corrected chi connectivity index (χ2v) is 11.7. The van der Waals surface area contributed by atoms with Crippen molar-refractivity contribution in [2.45, 2.75) is 6.92 Å². The van der Waals surface area contributed by atoms with E-state index in [-0.39, 0.29) is 0 Å². The van der Waals surface area contributed by atoms with Gasteiger partial charge in [-0.25, -0.2) is 9.98 Å². The number of para-hydroxylation sites is 2. The number of rotatable bonds is 4. The van der Waals surface area contributed by atoms with Gasteiger partial charge in [-0.2, -0.15) is 0 Å². The van der Waals surface area contributed by atoms with E-state index >= 15 is 0 Å². The lowest BCUT2D eigenvalue weighted by Crippen LogP contribution is -2.04. The monoisotopic (exact) mass is 588 g/mol. The van der Waals surface area contributed by atoms with Gasteiger partial charge in [-0.1, -0.05) is 115 Å². The molecular formula is C42H28N4. The van der Waals surface area contributed by atoms with Gasteiger partial charge in [0.25, 0.3) is 0 Å². The zero-order chi connectivity index (χ0) is 30.6. The molecule has 9 rings (SSSR count). The van der Waals surface area contributed by atoms with Crippen molar-refractivity contribution in [3.8, 4) is 5.69 Å². The third kappa shape index (κ3) is 4.16. The summed E-state index contributed by atoms with van der Waals surface area (Å²) in [6, 6.07) is 51.1. The SMILES string of the molecule is Cc1ccc2c3cc4c5ccccc5n(-c5ccccc5)c4cc3n(C3=C=CC(c4ccccc4)=NC(c4ccccc4)=N3)c2c1. The van der Waals surface area contributed by atoms with Crippen molar-refractivity contribution >= 4 is 61.0 Å². The quantitative estimate of drug-likeness (QED) is 0.183. The smallest absolute Gasteiger partial charge is 0.184 e. The molecule has 0 aliphatic carbocycles. The predicted octanol–water partition coefficient (Wildman–Crippen LogP) is 10.1. The van der Waals surface area contributed by atoms with Crippen LogP contribution >= 0.6 is 0 Å². The van der Waals surface area contributed by atoms with Crippen LogP contribution in [0.1, 0.15) is 16.7 Å². The first-order chi connectivity index (χ1) is 22.7. The van der Waals surface area contributed by atoms with E-state index in [1.165, 1.54) is 32.6 Å². The second kappa shape index (κ2) is 10.4. The van der Waals surface area contributed by atoms with Crippen LogP contribution in [0, 0.1) is 6.92 Å². The highest BCUT2D eigenvalue weighted by atomic mass is 15.1. The Kier molecular flexibility index (Phi) is 5.95. The van der Waals surface area contributed by atoms with Crippen molar-refractivity contribution in [2.75, 3.05) is 0 Å². The van der Waals surface area contributed by atoms with Crippen molar-refractivity contribution in [3.63, 3.8) is 0 Å². The van der Waals surface area contributed by atoms with Gasteiger partial charge in [0.1, 0.15) is 0 Å². The Morgan fingerprint density at radius 1 is 0.478 bits per heavy atom. The predicted molar refractivity (Wildman–Crippen MR) is 192 cm³/mol. The molecule has 0 bridgehead atoms. The van der Waals surface area contributed by atoms with Crippen LogP contribution in [-0.4, -0.2) is 20.7 Å². The van der Waals surface area contributed by atoms with Gasteiger partial charge in [0, 0.05) is 44.4 Å². The molecule has 3 heterocycles. The van der Waals surface area contributed by atoms with E-state index in [9.17, 15) is 0 Å². The fourth-order valence-electron chi connectivity index (χ4n) is 6.70. The standard InChI is InChI=1S/C42H28N4/c1-28-21-22-33-35-26-34-32-19-11-12-20-37(32)45(31-17-9-4-10-18-31)39(34)27-40(35)46(38(33)25-28)41-24-23-36(29-13-5-2-6-14-29)43-42(44-41)30-15-7-3-8-16-30/h2-23,25-27H,1H3. The Morgan fingerprint density at radius 2 is 1.09 bits per heavy atom. The van der Waals surface area contributed by atoms with Crippen LogP contribution in [0.2, 0.25) is 0 Å². The molecule has 46 heavy (non-hydrogen) atoms. The van der Waals surface area contributed by atoms with Gasteiger partial charge in [-0.3, -0.25) is 4.57 Å². The second-order valence-electron chi connectivity index (χ2n) is 11.7. The van der Waals surface area contributed by atoms with E-state index in [1.54, 1.807) is 0 Å². The van der Waals surface area contributed by atoms with Crippen molar-refractivity contribution < 1.29 is 0 Å². The summed E-state index contributed by atoms with van der Waals surface area (Å²) in [6.45, 7) is 2.14. The van der Waals surface area contributed by atoms with E-state index in [1.807, 2.05) is 42.5 Å². The minimum Gasteiger partial charge on any atom is -0.309 e. The third-order valence-electron chi connectivity index (χ3n) is 8.82. The number of benzene rings is 6. The average molecular weight is 589 g/mol. The number of aliphatic imine (C=N–C) groups is 2. The largest absolute Gasteiger partial charge is 0.309 e. The molecule has 0 atom stereocenters. The molecule has 8 aromatic rings. The lowest BCUT2D eigenvalue weighted by atomic mass is 10.1. The minimum absolute atomic E-state index is 0.651. The maximum Gasteiger partial charge on any atom is 0.184 e. The van der Waals surface area contributed by atoms with E-state index in [2.05, 4.69) is 131 Å². The first-order valence-electron chi connectivity index (χ1n) is 15.5. The Balaban J connectivity index is 1.40. The summed E-state index contributed by atoms with van der Waals surface area (Å²) in [5.41, 5.74) is 13.2. The molecule has 4 heteroatoms. The summed E-state index contributed by atoms with van der Waals surface area (Å²) in [4.78, 5) is 10.4. The molecule has 2 aromatic heterocycles. The molecule has 0 unspecified atom stereocenters. The fourth-order valence-corrected chi connectivity index (χ4v) is 6.70. The van der Waals surface area contributed by atoms with Crippen molar-refractivity contribution in [3.05, 3.63) is 174 Å². The van der Waals surface area contributed by atoms with Crippen LogP contribution in [0.4, 0.5) is 0 Å². The molecule has 4 nitrogen and oxygen atoms in total. The van der Waals surface area contributed by atoms with Crippen molar-refractivity contribution in [2.24, 2.45) is 9.98 Å². The molecule has 0 radical (unpaired) electrons. The Hall–Kier alpha value is -6.22. The molecule has 1 aliphatic rings. The van der Waals surface area contributed by atoms with Crippen LogP contribution in [0.3, 0.4) is 0 Å².